The maximum Gasteiger partial charge on any atom is 0.243 e. The molecule has 1 N–H and O–H groups in total. The molecule has 128 valence electrons. The molecule has 0 atom stereocenters. The highest BCUT2D eigenvalue weighted by molar-refractivity contribution is 7.89. The molecule has 2 aromatic rings. The molecule has 0 fully saturated rings. The van der Waals surface area contributed by atoms with E-state index in [9.17, 15) is 13.2 Å². The molecule has 24 heavy (non-hydrogen) atoms. The van der Waals surface area contributed by atoms with Crippen molar-refractivity contribution in [1.82, 2.24) is 9.62 Å². The highest BCUT2D eigenvalue weighted by Crippen LogP contribution is 2.19. The molecule has 0 aromatic heterocycles. The van der Waals surface area contributed by atoms with Crippen LogP contribution in [0.2, 0.25) is 5.02 Å². The summed E-state index contributed by atoms with van der Waals surface area (Å²) >= 11 is 5.82. The molecule has 0 saturated heterocycles. The predicted molar refractivity (Wildman–Crippen MR) is 94.4 cm³/mol. The van der Waals surface area contributed by atoms with Crippen molar-refractivity contribution in [1.29, 1.82) is 0 Å². The van der Waals surface area contributed by atoms with Crippen LogP contribution in [-0.2, 0) is 21.2 Å². The molecule has 0 heterocycles. The van der Waals surface area contributed by atoms with Gasteiger partial charge in [0, 0.05) is 18.6 Å². The van der Waals surface area contributed by atoms with Gasteiger partial charge in [0.25, 0.3) is 0 Å². The lowest BCUT2D eigenvalue weighted by Crippen LogP contribution is -2.40. The first-order valence-electron chi connectivity index (χ1n) is 7.43. The van der Waals surface area contributed by atoms with Gasteiger partial charge in [0.2, 0.25) is 15.9 Å². The molecule has 0 radical (unpaired) electrons. The largest absolute Gasteiger partial charge is 0.358 e. The molecule has 0 spiro atoms. The van der Waals surface area contributed by atoms with Crippen molar-refractivity contribution in [2.75, 3.05) is 20.1 Å². The summed E-state index contributed by atoms with van der Waals surface area (Å²) < 4.78 is 26.8. The molecule has 2 rings (SSSR count). The van der Waals surface area contributed by atoms with Crippen LogP contribution in [0, 0.1) is 0 Å². The average molecular weight is 367 g/mol. The Morgan fingerprint density at radius 3 is 2.29 bits per heavy atom. The third-order valence-electron chi connectivity index (χ3n) is 3.54. The fraction of sp³-hybridized carbons (Fsp3) is 0.235. The van der Waals surface area contributed by atoms with E-state index in [0.717, 1.165) is 5.56 Å². The van der Waals surface area contributed by atoms with Crippen LogP contribution in [0.1, 0.15) is 5.56 Å². The van der Waals surface area contributed by atoms with Gasteiger partial charge < -0.3 is 5.32 Å². The van der Waals surface area contributed by atoms with Gasteiger partial charge in [-0.15, -0.1) is 0 Å². The summed E-state index contributed by atoms with van der Waals surface area (Å²) in [5.74, 6) is -0.361. The zero-order chi connectivity index (χ0) is 17.6. The van der Waals surface area contributed by atoms with Gasteiger partial charge in [-0.1, -0.05) is 41.9 Å². The van der Waals surface area contributed by atoms with E-state index in [1.165, 1.54) is 35.6 Å². The Hall–Kier alpha value is -1.89. The Bertz CT molecular complexity index is 777. The van der Waals surface area contributed by atoms with Crippen LogP contribution >= 0.6 is 11.6 Å². The quantitative estimate of drug-likeness (QED) is 0.817. The van der Waals surface area contributed by atoms with E-state index < -0.39 is 10.0 Å². The Kier molecular flexibility index (Phi) is 6.36. The molecule has 7 heteroatoms. The Labute approximate surface area is 147 Å². The van der Waals surface area contributed by atoms with Crippen molar-refractivity contribution in [3.8, 4) is 0 Å². The summed E-state index contributed by atoms with van der Waals surface area (Å²) in [6, 6.07) is 15.5. The van der Waals surface area contributed by atoms with Crippen molar-refractivity contribution < 1.29 is 13.2 Å². The van der Waals surface area contributed by atoms with Crippen LogP contribution in [-0.4, -0.2) is 38.8 Å². The maximum absolute atomic E-state index is 12.8. The number of carbonyl (C=O) groups excluding carboxylic acids is 1. The molecular weight excluding hydrogens is 348 g/mol. The van der Waals surface area contributed by atoms with Gasteiger partial charge in [-0.2, -0.15) is 4.31 Å². The smallest absolute Gasteiger partial charge is 0.243 e. The van der Waals surface area contributed by atoms with E-state index in [4.69, 9.17) is 11.6 Å². The summed E-state index contributed by atoms with van der Waals surface area (Å²) in [5.41, 5.74) is 1.01. The number of hydrogen-bond acceptors (Lipinski definition) is 3. The monoisotopic (exact) mass is 366 g/mol. The zero-order valence-corrected chi connectivity index (χ0v) is 14.8. The molecule has 0 bridgehead atoms. The van der Waals surface area contributed by atoms with Gasteiger partial charge in [0.05, 0.1) is 11.4 Å². The lowest BCUT2D eigenvalue weighted by Gasteiger charge is -2.21. The molecule has 0 unspecified atom stereocenters. The number of carbonyl (C=O) groups is 1. The van der Waals surface area contributed by atoms with Crippen LogP contribution in [0.5, 0.6) is 0 Å². The van der Waals surface area contributed by atoms with Crippen molar-refractivity contribution in [2.45, 2.75) is 11.3 Å². The minimum atomic E-state index is -3.78. The number of likely N-dealkylation sites (N-methyl/N-ethyl adjacent to an activating group) is 1. The standard InChI is InChI=1S/C17H19ClN2O3S/c1-19-17(21)13-20(12-11-14-5-3-2-4-6-14)24(22,23)16-9-7-15(18)8-10-16/h2-10H,11-13H2,1H3,(H,19,21). The SMILES string of the molecule is CNC(=O)CN(CCc1ccccc1)S(=O)(=O)c1ccc(Cl)cc1. The lowest BCUT2D eigenvalue weighted by atomic mass is 10.1. The van der Waals surface area contributed by atoms with E-state index in [2.05, 4.69) is 5.32 Å². The number of hydrogen-bond donors (Lipinski definition) is 1. The highest BCUT2D eigenvalue weighted by atomic mass is 35.5. The zero-order valence-electron chi connectivity index (χ0n) is 13.3. The second-order valence-corrected chi connectivity index (χ2v) is 7.58. The summed E-state index contributed by atoms with van der Waals surface area (Å²) in [7, 11) is -2.30. The lowest BCUT2D eigenvalue weighted by molar-refractivity contribution is -0.120. The molecule has 5 nitrogen and oxygen atoms in total. The summed E-state index contributed by atoms with van der Waals surface area (Å²) in [6.07, 6.45) is 0.519. The third-order valence-corrected chi connectivity index (χ3v) is 5.65. The Morgan fingerprint density at radius 1 is 1.08 bits per heavy atom. The van der Waals surface area contributed by atoms with Crippen molar-refractivity contribution in [3.63, 3.8) is 0 Å². The Morgan fingerprint density at radius 2 is 1.71 bits per heavy atom. The predicted octanol–water partition coefficient (Wildman–Crippen LogP) is 2.32. The second-order valence-electron chi connectivity index (χ2n) is 5.20. The van der Waals surface area contributed by atoms with E-state index in [1.54, 1.807) is 0 Å². The summed E-state index contributed by atoms with van der Waals surface area (Å²) in [6.45, 7) is -0.0172. The van der Waals surface area contributed by atoms with Gasteiger partial charge in [0.15, 0.2) is 0 Å². The third kappa shape index (κ3) is 4.80. The molecule has 2 aromatic carbocycles. The molecule has 1 amide bonds. The first-order chi connectivity index (χ1) is 11.4. The minimum absolute atomic E-state index is 0.115. The number of amides is 1. The molecule has 0 aliphatic carbocycles. The van der Waals surface area contributed by atoms with E-state index in [-0.39, 0.29) is 23.9 Å². The van der Waals surface area contributed by atoms with Crippen molar-refractivity contribution >= 4 is 27.5 Å². The fourth-order valence-electron chi connectivity index (χ4n) is 2.18. The normalized spacial score (nSPS) is 11.5. The summed E-state index contributed by atoms with van der Waals surface area (Å²) in [4.78, 5) is 11.8. The van der Waals surface area contributed by atoms with E-state index >= 15 is 0 Å². The number of rotatable bonds is 7. The number of nitrogens with zero attached hydrogens (tertiary/aromatic N) is 1. The van der Waals surface area contributed by atoms with Gasteiger partial charge in [-0.25, -0.2) is 8.42 Å². The molecule has 0 saturated carbocycles. The van der Waals surface area contributed by atoms with E-state index in [0.29, 0.717) is 11.4 Å². The van der Waals surface area contributed by atoms with Crippen LogP contribution in [0.3, 0.4) is 0 Å². The first-order valence-corrected chi connectivity index (χ1v) is 9.25. The van der Waals surface area contributed by atoms with Crippen molar-refractivity contribution in [2.24, 2.45) is 0 Å². The first kappa shape index (κ1) is 18.4. The van der Waals surface area contributed by atoms with Gasteiger partial charge in [-0.05, 0) is 36.2 Å². The molecule has 0 aliphatic heterocycles. The number of halogens is 1. The average Bonchev–Trinajstić information content (AvgIpc) is 2.59. The number of benzene rings is 2. The van der Waals surface area contributed by atoms with Crippen LogP contribution in [0.25, 0.3) is 0 Å². The Balaban J connectivity index is 2.23. The van der Waals surface area contributed by atoms with Gasteiger partial charge in [-0.3, -0.25) is 4.79 Å². The molecule has 0 aliphatic rings. The number of nitrogens with one attached hydrogen (secondary N) is 1. The summed E-state index contributed by atoms with van der Waals surface area (Å²) in [5, 5.41) is 2.91. The minimum Gasteiger partial charge on any atom is -0.358 e. The highest BCUT2D eigenvalue weighted by Gasteiger charge is 2.26. The molecular formula is C17H19ClN2O3S. The maximum atomic E-state index is 12.8. The fourth-order valence-corrected chi connectivity index (χ4v) is 3.70. The van der Waals surface area contributed by atoms with Gasteiger partial charge >= 0.3 is 0 Å². The topological polar surface area (TPSA) is 66.5 Å². The van der Waals surface area contributed by atoms with Crippen LogP contribution in [0.15, 0.2) is 59.5 Å². The van der Waals surface area contributed by atoms with E-state index in [1.807, 2.05) is 30.3 Å². The number of sulfonamides is 1. The van der Waals surface area contributed by atoms with Crippen LogP contribution in [0.4, 0.5) is 0 Å². The van der Waals surface area contributed by atoms with Crippen molar-refractivity contribution in [3.05, 3.63) is 65.2 Å². The second kappa shape index (κ2) is 8.28. The van der Waals surface area contributed by atoms with Gasteiger partial charge in [0.1, 0.15) is 0 Å². The van der Waals surface area contributed by atoms with Crippen LogP contribution < -0.4 is 5.32 Å².